The molecule has 1 aromatic heterocycles. The Hall–Kier alpha value is -1.62. The van der Waals surface area contributed by atoms with Crippen molar-refractivity contribution in [3.05, 3.63) is 23.2 Å². The van der Waals surface area contributed by atoms with E-state index in [1.807, 2.05) is 0 Å². The molecule has 0 radical (unpaired) electrons. The molecule has 0 atom stereocenters. The van der Waals surface area contributed by atoms with Crippen molar-refractivity contribution in [3.8, 4) is 0 Å². The van der Waals surface area contributed by atoms with E-state index in [2.05, 4.69) is 15.7 Å². The van der Waals surface area contributed by atoms with Crippen LogP contribution in [0.5, 0.6) is 0 Å². The van der Waals surface area contributed by atoms with Crippen LogP contribution in [0.4, 0.5) is 0 Å². The summed E-state index contributed by atoms with van der Waals surface area (Å²) in [6.07, 6.45) is 0. The topological polar surface area (TPSA) is 59.8 Å². The average Bonchev–Trinajstić information content (AvgIpc) is 2.49. The highest BCUT2D eigenvalue weighted by molar-refractivity contribution is 6.34. The minimum Gasteiger partial charge on any atom is -0.274 e. The zero-order valence-electron chi connectivity index (χ0n) is 7.36. The number of nitrogens with zero attached hydrogens (tertiary/aromatic N) is 3. The van der Waals surface area contributed by atoms with E-state index in [9.17, 15) is 4.79 Å². The van der Waals surface area contributed by atoms with Gasteiger partial charge >= 0.3 is 0 Å². The molecule has 0 bridgehead atoms. The second-order valence-electron chi connectivity index (χ2n) is 2.78. The van der Waals surface area contributed by atoms with Gasteiger partial charge in [0.05, 0.1) is 5.02 Å². The monoisotopic (exact) mass is 210 g/mol. The molecule has 72 valence electrons. The second kappa shape index (κ2) is 3.26. The first-order chi connectivity index (χ1) is 6.68. The molecule has 0 aliphatic heterocycles. The van der Waals surface area contributed by atoms with E-state index < -0.39 is 0 Å². The average molecular weight is 211 g/mol. The van der Waals surface area contributed by atoms with Crippen LogP contribution in [-0.2, 0) is 4.79 Å². The molecule has 1 amide bonds. The third kappa shape index (κ3) is 1.42. The van der Waals surface area contributed by atoms with Gasteiger partial charge in [0.1, 0.15) is 11.0 Å². The Morgan fingerprint density at radius 1 is 1.57 bits per heavy atom. The lowest BCUT2D eigenvalue weighted by Crippen LogP contribution is -2.20. The molecule has 0 aliphatic carbocycles. The summed E-state index contributed by atoms with van der Waals surface area (Å²) < 4.78 is 0. The van der Waals surface area contributed by atoms with Crippen molar-refractivity contribution < 1.29 is 4.79 Å². The Morgan fingerprint density at radius 3 is 3.07 bits per heavy atom. The van der Waals surface area contributed by atoms with Gasteiger partial charge < -0.3 is 0 Å². The van der Waals surface area contributed by atoms with Crippen LogP contribution in [-0.4, -0.2) is 21.0 Å². The van der Waals surface area contributed by atoms with Gasteiger partial charge in [0.25, 0.3) is 0 Å². The smallest absolute Gasteiger partial charge is 0.237 e. The van der Waals surface area contributed by atoms with Crippen LogP contribution < -0.4 is 5.43 Å². The van der Waals surface area contributed by atoms with Gasteiger partial charge in [-0.05, 0) is 17.3 Å². The Labute approximate surface area is 84.6 Å². The molecule has 1 aromatic carbocycles. The van der Waals surface area contributed by atoms with Gasteiger partial charge in [-0.15, -0.1) is 5.10 Å². The van der Waals surface area contributed by atoms with E-state index in [1.54, 1.807) is 18.2 Å². The Kier molecular flexibility index (Phi) is 2.09. The summed E-state index contributed by atoms with van der Waals surface area (Å²) >= 11 is 5.88. The number of rotatable bonds is 1. The number of benzene rings is 1. The second-order valence-corrected chi connectivity index (χ2v) is 3.18. The first-order valence-corrected chi connectivity index (χ1v) is 4.34. The van der Waals surface area contributed by atoms with Gasteiger partial charge in [0.15, 0.2) is 0 Å². The molecule has 0 saturated carbocycles. The summed E-state index contributed by atoms with van der Waals surface area (Å²) in [4.78, 5) is 12.1. The molecule has 0 unspecified atom stereocenters. The van der Waals surface area contributed by atoms with Crippen molar-refractivity contribution in [2.24, 2.45) is 0 Å². The van der Waals surface area contributed by atoms with Crippen molar-refractivity contribution in [2.45, 2.75) is 6.92 Å². The van der Waals surface area contributed by atoms with Gasteiger partial charge in [0, 0.05) is 6.92 Å². The van der Waals surface area contributed by atoms with E-state index in [0.717, 1.165) is 0 Å². The van der Waals surface area contributed by atoms with Crippen molar-refractivity contribution >= 4 is 28.5 Å². The molecular formula is C8H7ClN4O. The molecule has 14 heavy (non-hydrogen) atoms. The zero-order chi connectivity index (χ0) is 10.1. The Morgan fingerprint density at radius 2 is 2.36 bits per heavy atom. The number of aromatic nitrogens is 3. The quantitative estimate of drug-likeness (QED) is 0.769. The third-order valence-corrected chi connectivity index (χ3v) is 2.00. The molecule has 0 spiro atoms. The standard InChI is InChI=1S/C8H7ClN4O/c1-5(14)11-13-7-4-2-3-6(9)8(7)10-12-13/h2-4H,1H3,(H,11,14). The summed E-state index contributed by atoms with van der Waals surface area (Å²) in [7, 11) is 0. The molecule has 0 saturated heterocycles. The number of halogens is 1. The summed E-state index contributed by atoms with van der Waals surface area (Å²) in [6, 6.07) is 5.26. The van der Waals surface area contributed by atoms with Crippen LogP contribution in [0.15, 0.2) is 18.2 Å². The number of amides is 1. The fourth-order valence-electron chi connectivity index (χ4n) is 1.14. The maximum Gasteiger partial charge on any atom is 0.237 e. The maximum atomic E-state index is 10.8. The molecule has 2 rings (SSSR count). The predicted octanol–water partition coefficient (Wildman–Crippen LogP) is 1.17. The summed E-state index contributed by atoms with van der Waals surface area (Å²) in [5.74, 6) is -0.211. The SMILES string of the molecule is CC(=O)Nn1nnc2c(Cl)cccc21. The van der Waals surface area contributed by atoms with Gasteiger partial charge in [-0.25, -0.2) is 5.43 Å². The molecule has 5 nitrogen and oxygen atoms in total. The van der Waals surface area contributed by atoms with Crippen LogP contribution in [0.1, 0.15) is 6.92 Å². The molecule has 6 heteroatoms. The fraction of sp³-hybridized carbons (Fsp3) is 0.125. The third-order valence-electron chi connectivity index (χ3n) is 1.69. The Balaban J connectivity index is 2.58. The lowest BCUT2D eigenvalue weighted by molar-refractivity contribution is -0.115. The van der Waals surface area contributed by atoms with Gasteiger partial charge in [-0.1, -0.05) is 17.7 Å². The van der Waals surface area contributed by atoms with Gasteiger partial charge in [-0.3, -0.25) is 4.79 Å². The molecule has 1 N–H and O–H groups in total. The largest absolute Gasteiger partial charge is 0.274 e. The Bertz CT molecular complexity index is 493. The molecule has 0 fully saturated rings. The number of hydrogen-bond donors (Lipinski definition) is 1. The van der Waals surface area contributed by atoms with Crippen LogP contribution >= 0.6 is 11.6 Å². The van der Waals surface area contributed by atoms with Gasteiger partial charge in [0.2, 0.25) is 5.91 Å². The molecule has 0 aliphatic rings. The van der Waals surface area contributed by atoms with Crippen LogP contribution in [0.3, 0.4) is 0 Å². The fourth-order valence-corrected chi connectivity index (χ4v) is 1.35. The van der Waals surface area contributed by atoms with Gasteiger partial charge in [-0.2, -0.15) is 4.79 Å². The summed E-state index contributed by atoms with van der Waals surface area (Å²) in [6.45, 7) is 1.40. The number of nitrogens with one attached hydrogen (secondary N) is 1. The van der Waals surface area contributed by atoms with E-state index >= 15 is 0 Å². The lowest BCUT2D eigenvalue weighted by atomic mass is 10.3. The summed E-state index contributed by atoms with van der Waals surface area (Å²) in [5.41, 5.74) is 3.75. The van der Waals surface area contributed by atoms with E-state index in [1.165, 1.54) is 11.7 Å². The number of carbonyl (C=O) groups excluding carboxylic acids is 1. The van der Waals surface area contributed by atoms with E-state index in [-0.39, 0.29) is 5.91 Å². The van der Waals surface area contributed by atoms with E-state index in [4.69, 9.17) is 11.6 Å². The van der Waals surface area contributed by atoms with Crippen LogP contribution in [0, 0.1) is 0 Å². The van der Waals surface area contributed by atoms with Crippen molar-refractivity contribution in [1.29, 1.82) is 0 Å². The van der Waals surface area contributed by atoms with E-state index in [0.29, 0.717) is 16.1 Å². The first-order valence-electron chi connectivity index (χ1n) is 3.96. The maximum absolute atomic E-state index is 10.8. The minimum atomic E-state index is -0.211. The molecule has 2 aromatic rings. The molecular weight excluding hydrogens is 204 g/mol. The highest BCUT2D eigenvalue weighted by atomic mass is 35.5. The molecule has 1 heterocycles. The summed E-state index contributed by atoms with van der Waals surface area (Å²) in [5, 5.41) is 8.10. The normalized spacial score (nSPS) is 10.4. The van der Waals surface area contributed by atoms with Crippen LogP contribution in [0.25, 0.3) is 11.0 Å². The van der Waals surface area contributed by atoms with Crippen molar-refractivity contribution in [3.63, 3.8) is 0 Å². The lowest BCUT2D eigenvalue weighted by Gasteiger charge is -2.00. The van der Waals surface area contributed by atoms with Crippen molar-refractivity contribution in [1.82, 2.24) is 15.1 Å². The highest BCUT2D eigenvalue weighted by Gasteiger charge is 2.07. The van der Waals surface area contributed by atoms with Crippen molar-refractivity contribution in [2.75, 3.05) is 5.43 Å². The van der Waals surface area contributed by atoms with Crippen LogP contribution in [0.2, 0.25) is 5.02 Å². The number of carbonyl (C=O) groups is 1. The zero-order valence-corrected chi connectivity index (χ0v) is 8.12. The minimum absolute atomic E-state index is 0.211. The predicted molar refractivity (Wildman–Crippen MR) is 52.6 cm³/mol. The number of fused-ring (bicyclic) bond motifs is 1. The highest BCUT2D eigenvalue weighted by Crippen LogP contribution is 2.19. The first kappa shape index (κ1) is 8.96. The number of hydrogen-bond acceptors (Lipinski definition) is 3.